The number of ether oxygens (including phenoxy) is 1. The Bertz CT molecular complexity index is 1210. The van der Waals surface area contributed by atoms with Gasteiger partial charge in [-0.2, -0.15) is 10.4 Å². The first-order chi connectivity index (χ1) is 15.6. The van der Waals surface area contributed by atoms with Crippen LogP contribution in [-0.2, 0) is 11.3 Å². The standard InChI is InChI=1S/C23H26N8O/c1-16-3-2-4-17(11-16)21(25)29-28-19-12-18(30-7-9-32-10-8-30)20-22(27-19)31(15-26-20)14-23(13-24)5-6-23/h2-4,11-12,15H,5-10,14H2,1H3,(H2,25,29)(H,27,28). The van der Waals surface area contributed by atoms with Crippen LogP contribution in [0.25, 0.3) is 11.2 Å². The number of imidazole rings is 1. The van der Waals surface area contributed by atoms with E-state index in [1.54, 1.807) is 6.33 Å². The lowest BCUT2D eigenvalue weighted by atomic mass is 10.1. The summed E-state index contributed by atoms with van der Waals surface area (Å²) in [5, 5.41) is 13.9. The lowest BCUT2D eigenvalue weighted by Gasteiger charge is -2.29. The number of benzene rings is 1. The molecular formula is C23H26N8O. The van der Waals surface area contributed by atoms with E-state index < -0.39 is 0 Å². The summed E-state index contributed by atoms with van der Waals surface area (Å²) < 4.78 is 7.50. The molecule has 1 aromatic carbocycles. The Balaban J connectivity index is 1.51. The number of anilines is 2. The second kappa shape index (κ2) is 8.13. The highest BCUT2D eigenvalue weighted by Crippen LogP contribution is 2.46. The highest BCUT2D eigenvalue weighted by molar-refractivity contribution is 5.98. The van der Waals surface area contributed by atoms with E-state index in [0.717, 1.165) is 53.9 Å². The highest BCUT2D eigenvalue weighted by atomic mass is 16.5. The molecule has 1 aliphatic heterocycles. The van der Waals surface area contributed by atoms with E-state index in [1.807, 2.05) is 41.8 Å². The summed E-state index contributed by atoms with van der Waals surface area (Å²) in [7, 11) is 0. The van der Waals surface area contributed by atoms with E-state index in [2.05, 4.69) is 26.5 Å². The molecule has 0 bridgehead atoms. The molecule has 2 aliphatic rings. The first kappa shape index (κ1) is 20.3. The highest BCUT2D eigenvalue weighted by Gasteiger charge is 2.43. The first-order valence-electron chi connectivity index (χ1n) is 10.8. The van der Waals surface area contributed by atoms with Gasteiger partial charge in [-0.15, -0.1) is 0 Å². The number of nitriles is 1. The van der Waals surface area contributed by atoms with Crippen LogP contribution >= 0.6 is 0 Å². The number of aryl methyl sites for hydroxylation is 1. The monoisotopic (exact) mass is 430 g/mol. The molecule has 0 spiro atoms. The number of pyridine rings is 1. The van der Waals surface area contributed by atoms with Crippen LogP contribution in [0.4, 0.5) is 11.5 Å². The van der Waals surface area contributed by atoms with Crippen molar-refractivity contribution in [1.29, 1.82) is 5.26 Å². The van der Waals surface area contributed by atoms with Crippen molar-refractivity contribution < 1.29 is 4.74 Å². The van der Waals surface area contributed by atoms with Crippen LogP contribution in [0.15, 0.2) is 41.8 Å². The number of rotatable bonds is 6. The van der Waals surface area contributed by atoms with Crippen molar-refractivity contribution in [3.05, 3.63) is 47.8 Å². The van der Waals surface area contributed by atoms with E-state index in [4.69, 9.17) is 15.5 Å². The average Bonchev–Trinajstić information content (AvgIpc) is 3.49. The molecule has 2 aromatic heterocycles. The maximum atomic E-state index is 9.54. The maximum absolute atomic E-state index is 9.54. The van der Waals surface area contributed by atoms with E-state index in [-0.39, 0.29) is 5.41 Å². The number of hydrogen-bond donors (Lipinski definition) is 2. The van der Waals surface area contributed by atoms with Crippen LogP contribution in [0.1, 0.15) is 24.0 Å². The number of aromatic nitrogens is 3. The van der Waals surface area contributed by atoms with Gasteiger partial charge in [0.25, 0.3) is 0 Å². The number of amidine groups is 1. The predicted molar refractivity (Wildman–Crippen MR) is 123 cm³/mol. The summed E-state index contributed by atoms with van der Waals surface area (Å²) in [5.74, 6) is 0.969. The molecule has 5 rings (SSSR count). The van der Waals surface area contributed by atoms with Crippen LogP contribution < -0.4 is 16.1 Å². The SMILES string of the molecule is Cc1cccc(/C(N)=N/Nc2cc(N3CCOCC3)c3ncn(CC4(C#N)CC4)c3n2)c1. The summed E-state index contributed by atoms with van der Waals surface area (Å²) >= 11 is 0. The molecule has 3 heterocycles. The van der Waals surface area contributed by atoms with Crippen molar-refractivity contribution in [3.63, 3.8) is 0 Å². The fourth-order valence-electron chi connectivity index (χ4n) is 4.00. The summed E-state index contributed by atoms with van der Waals surface area (Å²) in [6.45, 7) is 5.51. The lowest BCUT2D eigenvalue weighted by Crippen LogP contribution is -2.36. The van der Waals surface area contributed by atoms with Crippen LogP contribution in [0.5, 0.6) is 0 Å². The number of nitrogens with zero attached hydrogens (tertiary/aromatic N) is 6. The van der Waals surface area contributed by atoms with Crippen molar-refractivity contribution in [3.8, 4) is 6.07 Å². The summed E-state index contributed by atoms with van der Waals surface area (Å²) in [6.07, 6.45) is 3.61. The summed E-state index contributed by atoms with van der Waals surface area (Å²) in [5.41, 5.74) is 13.4. The number of nitrogens with two attached hydrogens (primary N) is 1. The zero-order valence-electron chi connectivity index (χ0n) is 18.1. The normalized spacial score (nSPS) is 17.9. The van der Waals surface area contributed by atoms with Crippen LogP contribution in [-0.4, -0.2) is 46.7 Å². The Morgan fingerprint density at radius 1 is 1.31 bits per heavy atom. The van der Waals surface area contributed by atoms with Gasteiger partial charge >= 0.3 is 0 Å². The van der Waals surface area contributed by atoms with Crippen molar-refractivity contribution >= 4 is 28.5 Å². The minimum absolute atomic E-state index is 0.300. The number of hydrazone groups is 1. The largest absolute Gasteiger partial charge is 0.382 e. The number of hydrogen-bond acceptors (Lipinski definition) is 7. The van der Waals surface area contributed by atoms with Gasteiger partial charge in [0.2, 0.25) is 0 Å². The average molecular weight is 431 g/mol. The van der Waals surface area contributed by atoms with Gasteiger partial charge in [-0.1, -0.05) is 23.8 Å². The fourth-order valence-corrected chi connectivity index (χ4v) is 4.00. The Kier molecular flexibility index (Phi) is 5.15. The van der Waals surface area contributed by atoms with Gasteiger partial charge in [-0.3, -0.25) is 5.43 Å². The Hall–Kier alpha value is -3.64. The van der Waals surface area contributed by atoms with Gasteiger partial charge in [0.1, 0.15) is 5.52 Å². The zero-order chi connectivity index (χ0) is 22.1. The van der Waals surface area contributed by atoms with E-state index >= 15 is 0 Å². The smallest absolute Gasteiger partial charge is 0.164 e. The van der Waals surface area contributed by atoms with Crippen molar-refractivity contribution in [2.75, 3.05) is 36.6 Å². The lowest BCUT2D eigenvalue weighted by molar-refractivity contribution is 0.123. The number of morpholine rings is 1. The fraction of sp³-hybridized carbons (Fsp3) is 0.391. The molecule has 2 fully saturated rings. The van der Waals surface area contributed by atoms with E-state index in [1.165, 1.54) is 0 Å². The van der Waals surface area contributed by atoms with E-state index in [9.17, 15) is 5.26 Å². The molecule has 0 atom stereocenters. The summed E-state index contributed by atoms with van der Waals surface area (Å²) in [6, 6.07) is 12.3. The van der Waals surface area contributed by atoms with Crippen molar-refractivity contribution in [2.24, 2.45) is 16.3 Å². The molecule has 9 nitrogen and oxygen atoms in total. The Labute approximate surface area is 186 Å². The molecule has 3 N–H and O–H groups in total. The first-order valence-corrected chi connectivity index (χ1v) is 10.8. The predicted octanol–water partition coefficient (Wildman–Crippen LogP) is 2.61. The maximum Gasteiger partial charge on any atom is 0.164 e. The van der Waals surface area contributed by atoms with Gasteiger partial charge in [0.05, 0.1) is 36.7 Å². The molecule has 3 aromatic rings. The Morgan fingerprint density at radius 2 is 2.12 bits per heavy atom. The topological polar surface area (TPSA) is 117 Å². The second-order valence-corrected chi connectivity index (χ2v) is 8.54. The van der Waals surface area contributed by atoms with Gasteiger partial charge < -0.3 is 19.9 Å². The summed E-state index contributed by atoms with van der Waals surface area (Å²) in [4.78, 5) is 11.7. The molecule has 9 heteroatoms. The third-order valence-electron chi connectivity index (χ3n) is 6.07. The van der Waals surface area contributed by atoms with Gasteiger partial charge in [-0.05, 0) is 25.8 Å². The van der Waals surface area contributed by atoms with Gasteiger partial charge in [0.15, 0.2) is 17.3 Å². The molecular weight excluding hydrogens is 404 g/mol. The minimum atomic E-state index is -0.300. The third kappa shape index (κ3) is 3.97. The van der Waals surface area contributed by atoms with Crippen LogP contribution in [0.3, 0.4) is 0 Å². The minimum Gasteiger partial charge on any atom is -0.382 e. The zero-order valence-corrected chi connectivity index (χ0v) is 18.1. The van der Waals surface area contributed by atoms with E-state index in [0.29, 0.717) is 31.4 Å². The van der Waals surface area contributed by atoms with Crippen LogP contribution in [0.2, 0.25) is 0 Å². The molecule has 164 valence electrons. The molecule has 0 unspecified atom stereocenters. The molecule has 1 saturated carbocycles. The molecule has 0 amide bonds. The van der Waals surface area contributed by atoms with Crippen molar-refractivity contribution in [2.45, 2.75) is 26.3 Å². The molecule has 0 radical (unpaired) electrons. The van der Waals surface area contributed by atoms with Gasteiger partial charge in [-0.25, -0.2) is 9.97 Å². The van der Waals surface area contributed by atoms with Gasteiger partial charge in [0, 0.05) is 31.3 Å². The third-order valence-corrected chi connectivity index (χ3v) is 6.07. The van der Waals surface area contributed by atoms with Crippen LogP contribution in [0, 0.1) is 23.7 Å². The molecule has 1 saturated heterocycles. The number of fused-ring (bicyclic) bond motifs is 1. The second-order valence-electron chi connectivity index (χ2n) is 8.54. The van der Waals surface area contributed by atoms with Crippen molar-refractivity contribution in [1.82, 2.24) is 14.5 Å². The molecule has 1 aliphatic carbocycles. The Morgan fingerprint density at radius 3 is 2.84 bits per heavy atom. The quantitative estimate of drug-likeness (QED) is 0.351. The number of nitrogens with one attached hydrogen (secondary N) is 1. The molecule has 32 heavy (non-hydrogen) atoms.